The van der Waals surface area contributed by atoms with Crippen LogP contribution in [0.5, 0.6) is 0 Å². The molecule has 1 unspecified atom stereocenters. The molecule has 0 aromatic carbocycles. The van der Waals surface area contributed by atoms with E-state index in [9.17, 15) is 14.4 Å². The Hall–Kier alpha value is -3.67. The number of esters is 3. The third-order valence-corrected chi connectivity index (χ3v) is 15.1. The van der Waals surface area contributed by atoms with E-state index in [2.05, 4.69) is 118 Å². The van der Waals surface area contributed by atoms with Gasteiger partial charge in [0.25, 0.3) is 0 Å². The normalized spacial score (nSPS) is 12.7. The van der Waals surface area contributed by atoms with Crippen molar-refractivity contribution in [2.24, 2.45) is 0 Å². The van der Waals surface area contributed by atoms with Crippen molar-refractivity contribution >= 4 is 17.9 Å². The Balaban J connectivity index is 4.08. The lowest BCUT2D eigenvalue weighted by Gasteiger charge is -2.18. The van der Waals surface area contributed by atoms with Crippen LogP contribution in [0.15, 0.2) is 97.2 Å². The fourth-order valence-corrected chi connectivity index (χ4v) is 9.89. The maximum absolute atomic E-state index is 12.9. The second-order valence-corrected chi connectivity index (χ2v) is 23.1. The van der Waals surface area contributed by atoms with Crippen LogP contribution in [0.25, 0.3) is 0 Å². The van der Waals surface area contributed by atoms with Crippen LogP contribution in [0.4, 0.5) is 0 Å². The summed E-state index contributed by atoms with van der Waals surface area (Å²) in [5.74, 6) is -0.873. The highest BCUT2D eigenvalue weighted by molar-refractivity contribution is 5.71. The number of hydrogen-bond donors (Lipinski definition) is 0. The summed E-state index contributed by atoms with van der Waals surface area (Å²) in [6.45, 7) is 6.50. The van der Waals surface area contributed by atoms with Gasteiger partial charge in [0.05, 0.1) is 0 Å². The van der Waals surface area contributed by atoms with Crippen molar-refractivity contribution in [1.29, 1.82) is 0 Å². The number of rotatable bonds is 63. The van der Waals surface area contributed by atoms with Crippen LogP contribution < -0.4 is 0 Å². The molecule has 0 spiro atoms. The zero-order valence-electron chi connectivity index (χ0n) is 53.5. The summed E-state index contributed by atoms with van der Waals surface area (Å²) in [7, 11) is 0. The maximum Gasteiger partial charge on any atom is 0.306 e. The van der Waals surface area contributed by atoms with Crippen molar-refractivity contribution in [1.82, 2.24) is 0 Å². The number of ether oxygens (including phenoxy) is 3. The largest absolute Gasteiger partial charge is 0.462 e. The van der Waals surface area contributed by atoms with Crippen molar-refractivity contribution in [3.05, 3.63) is 97.2 Å². The predicted octanol–water partition coefficient (Wildman–Crippen LogP) is 24.0. The molecule has 0 saturated heterocycles. The lowest BCUT2D eigenvalue weighted by molar-refractivity contribution is -0.167. The van der Waals surface area contributed by atoms with Gasteiger partial charge in [-0.2, -0.15) is 0 Å². The quantitative estimate of drug-likeness (QED) is 0.0261. The number of unbranched alkanes of at least 4 members (excludes halogenated alkanes) is 36. The fourth-order valence-electron chi connectivity index (χ4n) is 9.89. The van der Waals surface area contributed by atoms with Gasteiger partial charge in [0.15, 0.2) is 6.10 Å². The zero-order valence-corrected chi connectivity index (χ0v) is 53.5. The second-order valence-electron chi connectivity index (χ2n) is 23.1. The molecule has 1 atom stereocenters. The summed E-state index contributed by atoms with van der Waals surface area (Å²) >= 11 is 0. The van der Waals surface area contributed by atoms with Gasteiger partial charge in [0, 0.05) is 19.3 Å². The molecule has 0 aliphatic carbocycles. The van der Waals surface area contributed by atoms with Crippen molar-refractivity contribution in [3.8, 4) is 0 Å². The minimum Gasteiger partial charge on any atom is -0.462 e. The van der Waals surface area contributed by atoms with E-state index in [0.29, 0.717) is 19.3 Å². The first-order chi connectivity index (χ1) is 40.0. The molecule has 0 radical (unpaired) electrons. The third kappa shape index (κ3) is 67.0. The molecule has 0 heterocycles. The first kappa shape index (κ1) is 77.3. The Bertz CT molecular complexity index is 1580. The number of carbonyl (C=O) groups is 3. The summed E-state index contributed by atoms with van der Waals surface area (Å²) in [5, 5.41) is 0. The minimum absolute atomic E-state index is 0.0756. The van der Waals surface area contributed by atoms with Crippen LogP contribution in [0.3, 0.4) is 0 Å². The van der Waals surface area contributed by atoms with E-state index in [1.807, 2.05) is 0 Å². The SMILES string of the molecule is CC/C=C\C/C=C\C/C=C\C/C=C\C/C=C\CCCCCCCCCCCCCCCCCC(=O)OCC(COC(=O)CCCCCCCCC)OC(=O)CCCCCCCCCCCC/C=C\C/C=C\C/C=C\CCCCCCC. The smallest absolute Gasteiger partial charge is 0.306 e. The van der Waals surface area contributed by atoms with Gasteiger partial charge >= 0.3 is 17.9 Å². The van der Waals surface area contributed by atoms with Crippen molar-refractivity contribution in [2.45, 2.75) is 348 Å². The number of hydrogen-bond acceptors (Lipinski definition) is 6. The van der Waals surface area contributed by atoms with Gasteiger partial charge in [-0.05, 0) is 103 Å². The standard InChI is InChI=1S/C75H130O6/c1-4-7-10-13-16-18-20-22-24-26-28-30-32-34-35-36-37-38-39-41-42-44-46-48-50-52-54-56-59-62-65-68-74(77)80-71-72(70-79-73(76)67-64-61-58-15-12-9-6-3)81-75(78)69-66-63-60-57-55-53-51-49-47-45-43-40-33-31-29-27-25-23-21-19-17-14-11-8-5-2/h7,10,16,18,21-24,27-30,33-35,40,72H,4-6,8-9,11-15,17,19-20,25-26,31-32,36-39,41-71H2,1-3H3/b10-7-,18-16-,23-21-,24-22-,29-27-,30-28-,35-34-,40-33-. The molecule has 466 valence electrons. The molecule has 0 aliphatic heterocycles. The molecule has 0 saturated carbocycles. The summed E-state index contributed by atoms with van der Waals surface area (Å²) < 4.78 is 16.9. The van der Waals surface area contributed by atoms with E-state index >= 15 is 0 Å². The monoisotopic (exact) mass is 1130 g/mol. The molecule has 0 N–H and O–H groups in total. The van der Waals surface area contributed by atoms with Gasteiger partial charge in [-0.3, -0.25) is 14.4 Å². The summed E-state index contributed by atoms with van der Waals surface area (Å²) in [6, 6.07) is 0. The molecule has 0 amide bonds. The van der Waals surface area contributed by atoms with Crippen molar-refractivity contribution < 1.29 is 28.6 Å². The molecule has 0 rings (SSSR count). The van der Waals surface area contributed by atoms with Crippen LogP contribution >= 0.6 is 0 Å². The van der Waals surface area contributed by atoms with Crippen LogP contribution in [-0.4, -0.2) is 37.2 Å². The molecular formula is C75H130O6. The highest BCUT2D eigenvalue weighted by Gasteiger charge is 2.19. The average Bonchev–Trinajstić information content (AvgIpc) is 3.46. The lowest BCUT2D eigenvalue weighted by Crippen LogP contribution is -2.30. The van der Waals surface area contributed by atoms with E-state index in [-0.39, 0.29) is 31.1 Å². The lowest BCUT2D eigenvalue weighted by atomic mass is 10.0. The highest BCUT2D eigenvalue weighted by Crippen LogP contribution is 2.17. The average molecular weight is 1130 g/mol. The Labute approximate surface area is 502 Å². The molecule has 6 heteroatoms. The van der Waals surface area contributed by atoms with Gasteiger partial charge in [-0.15, -0.1) is 0 Å². The molecule has 0 aromatic rings. The second kappa shape index (κ2) is 68.8. The molecule has 0 aromatic heterocycles. The van der Waals surface area contributed by atoms with Gasteiger partial charge in [0.2, 0.25) is 0 Å². The Morgan fingerprint density at radius 2 is 0.481 bits per heavy atom. The summed E-state index contributed by atoms with van der Waals surface area (Å²) in [6.07, 6.45) is 93.1. The third-order valence-electron chi connectivity index (χ3n) is 15.1. The van der Waals surface area contributed by atoms with Crippen molar-refractivity contribution in [3.63, 3.8) is 0 Å². The Morgan fingerprint density at radius 1 is 0.259 bits per heavy atom. The van der Waals surface area contributed by atoms with Gasteiger partial charge in [-0.1, -0.05) is 317 Å². The Kier molecular flexibility index (Phi) is 65.7. The van der Waals surface area contributed by atoms with Crippen LogP contribution in [0.1, 0.15) is 342 Å². The number of allylic oxidation sites excluding steroid dienone is 16. The molecule has 0 fully saturated rings. The molecule has 6 nitrogen and oxygen atoms in total. The predicted molar refractivity (Wildman–Crippen MR) is 353 cm³/mol. The first-order valence-electron chi connectivity index (χ1n) is 34.7. The van der Waals surface area contributed by atoms with Gasteiger partial charge in [0.1, 0.15) is 13.2 Å². The van der Waals surface area contributed by atoms with Crippen LogP contribution in [0.2, 0.25) is 0 Å². The molecule has 0 aliphatic rings. The number of carbonyl (C=O) groups excluding carboxylic acids is 3. The minimum atomic E-state index is -0.777. The summed E-state index contributed by atoms with van der Waals surface area (Å²) in [5.41, 5.74) is 0. The maximum atomic E-state index is 12.9. The van der Waals surface area contributed by atoms with E-state index in [1.165, 1.54) is 199 Å². The highest BCUT2D eigenvalue weighted by atomic mass is 16.6. The summed E-state index contributed by atoms with van der Waals surface area (Å²) in [4.78, 5) is 38.2. The van der Waals surface area contributed by atoms with Gasteiger partial charge in [-0.25, -0.2) is 0 Å². The fraction of sp³-hybridized carbons (Fsp3) is 0.747. The van der Waals surface area contributed by atoms with Crippen LogP contribution in [-0.2, 0) is 28.6 Å². The topological polar surface area (TPSA) is 78.9 Å². The van der Waals surface area contributed by atoms with Crippen molar-refractivity contribution in [2.75, 3.05) is 13.2 Å². The van der Waals surface area contributed by atoms with E-state index in [0.717, 1.165) is 103 Å². The molecule has 81 heavy (non-hydrogen) atoms. The van der Waals surface area contributed by atoms with E-state index in [1.54, 1.807) is 0 Å². The molecular weight excluding hydrogens is 997 g/mol. The molecule has 0 bridgehead atoms. The van der Waals surface area contributed by atoms with E-state index in [4.69, 9.17) is 14.2 Å². The van der Waals surface area contributed by atoms with E-state index < -0.39 is 6.10 Å². The Morgan fingerprint density at radius 3 is 0.753 bits per heavy atom. The van der Waals surface area contributed by atoms with Crippen LogP contribution in [0, 0.1) is 0 Å². The zero-order chi connectivity index (χ0) is 58.5. The first-order valence-corrected chi connectivity index (χ1v) is 34.7. The van der Waals surface area contributed by atoms with Gasteiger partial charge < -0.3 is 14.2 Å².